The summed E-state index contributed by atoms with van der Waals surface area (Å²) in [5.74, 6) is -0.854. The van der Waals surface area contributed by atoms with Crippen molar-refractivity contribution in [3.05, 3.63) is 95.7 Å². The standard InChI is InChI=1S/C29H21F4N5O2/c1-15-6-7-16(27(39)37-20-5-3-4-19(12-20)29(31,32)33)10-21(15)22-11-18-14-36-28(34)38-25(18)24(26(22)40-2)17-8-9-23(30)35-13-17/h3-14H,1-2H3,(H,37,39)(H2,34,36,38). The number of pyridine rings is 1. The van der Waals surface area contributed by atoms with E-state index < -0.39 is 23.6 Å². The predicted octanol–water partition coefficient (Wildman–Crippen LogP) is 6.67. The number of halogens is 4. The fourth-order valence-corrected chi connectivity index (χ4v) is 4.41. The zero-order valence-electron chi connectivity index (χ0n) is 21.2. The van der Waals surface area contributed by atoms with Gasteiger partial charge in [0.1, 0.15) is 5.75 Å². The molecule has 0 aliphatic carbocycles. The summed E-state index contributed by atoms with van der Waals surface area (Å²) in [5, 5.41) is 3.13. The molecule has 7 nitrogen and oxygen atoms in total. The smallest absolute Gasteiger partial charge is 0.416 e. The highest BCUT2D eigenvalue weighted by atomic mass is 19.4. The normalized spacial score (nSPS) is 11.4. The van der Waals surface area contributed by atoms with Crippen molar-refractivity contribution in [1.82, 2.24) is 15.0 Å². The van der Waals surface area contributed by atoms with Gasteiger partial charge in [0.2, 0.25) is 11.9 Å². The lowest BCUT2D eigenvalue weighted by atomic mass is 9.91. The number of nitrogens with two attached hydrogens (primary N) is 1. The van der Waals surface area contributed by atoms with Gasteiger partial charge in [0.25, 0.3) is 5.91 Å². The Morgan fingerprint density at radius 2 is 1.77 bits per heavy atom. The number of aryl methyl sites for hydroxylation is 1. The number of anilines is 2. The Labute approximate surface area is 225 Å². The van der Waals surface area contributed by atoms with Gasteiger partial charge in [-0.2, -0.15) is 17.6 Å². The second kappa shape index (κ2) is 10.3. The number of benzene rings is 3. The molecule has 1 amide bonds. The Balaban J connectivity index is 1.64. The molecule has 0 atom stereocenters. The van der Waals surface area contributed by atoms with E-state index in [-0.39, 0.29) is 17.2 Å². The van der Waals surface area contributed by atoms with Crippen LogP contribution in [0.3, 0.4) is 0 Å². The Morgan fingerprint density at radius 3 is 2.48 bits per heavy atom. The quantitative estimate of drug-likeness (QED) is 0.188. The van der Waals surface area contributed by atoms with Crippen LogP contribution in [0.1, 0.15) is 21.5 Å². The minimum atomic E-state index is -4.55. The second-order valence-corrected chi connectivity index (χ2v) is 8.93. The largest absolute Gasteiger partial charge is 0.495 e. The monoisotopic (exact) mass is 547 g/mol. The Hall–Kier alpha value is -5.06. The summed E-state index contributed by atoms with van der Waals surface area (Å²) in [5.41, 5.74) is 8.64. The van der Waals surface area contributed by atoms with Crippen LogP contribution in [-0.2, 0) is 6.18 Å². The van der Waals surface area contributed by atoms with Crippen LogP contribution in [0.4, 0.5) is 29.2 Å². The molecule has 2 aromatic heterocycles. The van der Waals surface area contributed by atoms with Gasteiger partial charge in [-0.05, 0) is 66.6 Å². The average molecular weight is 548 g/mol. The highest BCUT2D eigenvalue weighted by molar-refractivity contribution is 6.06. The van der Waals surface area contributed by atoms with Crippen molar-refractivity contribution >= 4 is 28.4 Å². The maximum atomic E-state index is 13.6. The molecule has 5 aromatic rings. The molecule has 0 aliphatic heterocycles. The minimum Gasteiger partial charge on any atom is -0.495 e. The molecule has 3 aromatic carbocycles. The second-order valence-electron chi connectivity index (χ2n) is 8.93. The number of carbonyl (C=O) groups is 1. The fraction of sp³-hybridized carbons (Fsp3) is 0.103. The number of amides is 1. The summed E-state index contributed by atoms with van der Waals surface area (Å²) in [6.07, 6.45) is -1.66. The summed E-state index contributed by atoms with van der Waals surface area (Å²) >= 11 is 0. The molecule has 2 heterocycles. The average Bonchev–Trinajstić information content (AvgIpc) is 2.92. The predicted molar refractivity (Wildman–Crippen MR) is 143 cm³/mol. The SMILES string of the molecule is COc1c(-c2cc(C(=O)Nc3cccc(C(F)(F)F)c3)ccc2C)cc2cnc(N)nc2c1-c1ccc(F)nc1. The lowest BCUT2D eigenvalue weighted by molar-refractivity contribution is -0.137. The number of aromatic nitrogens is 3. The zero-order chi connectivity index (χ0) is 28.6. The van der Waals surface area contributed by atoms with Gasteiger partial charge >= 0.3 is 6.18 Å². The summed E-state index contributed by atoms with van der Waals surface area (Å²) in [7, 11) is 1.47. The molecule has 0 saturated heterocycles. The molecule has 40 heavy (non-hydrogen) atoms. The van der Waals surface area contributed by atoms with E-state index in [1.807, 2.05) is 6.92 Å². The van der Waals surface area contributed by atoms with Gasteiger partial charge in [0.15, 0.2) is 0 Å². The van der Waals surface area contributed by atoms with E-state index >= 15 is 0 Å². The number of carbonyl (C=O) groups excluding carboxylic acids is 1. The van der Waals surface area contributed by atoms with Gasteiger partial charge in [-0.15, -0.1) is 0 Å². The Kier molecular flexibility index (Phi) is 6.80. The molecule has 0 aliphatic rings. The molecule has 3 N–H and O–H groups in total. The molecule has 202 valence electrons. The molecule has 0 saturated carbocycles. The van der Waals surface area contributed by atoms with Crippen LogP contribution in [0.5, 0.6) is 5.75 Å². The highest BCUT2D eigenvalue weighted by Gasteiger charge is 2.30. The number of ether oxygens (including phenoxy) is 1. The molecule has 0 unspecified atom stereocenters. The Morgan fingerprint density at radius 1 is 0.975 bits per heavy atom. The third-order valence-electron chi connectivity index (χ3n) is 6.30. The molecule has 0 bridgehead atoms. The van der Waals surface area contributed by atoms with Crippen molar-refractivity contribution in [1.29, 1.82) is 0 Å². The van der Waals surface area contributed by atoms with E-state index in [2.05, 4.69) is 20.3 Å². The third-order valence-corrected chi connectivity index (χ3v) is 6.30. The van der Waals surface area contributed by atoms with Crippen LogP contribution in [-0.4, -0.2) is 28.0 Å². The molecule has 0 fully saturated rings. The minimum absolute atomic E-state index is 0.00562. The van der Waals surface area contributed by atoms with Crippen LogP contribution in [0.2, 0.25) is 0 Å². The maximum absolute atomic E-state index is 13.6. The number of nitrogen functional groups attached to an aromatic ring is 1. The number of hydrogen-bond donors (Lipinski definition) is 2. The first kappa shape index (κ1) is 26.5. The summed E-state index contributed by atoms with van der Waals surface area (Å²) < 4.78 is 58.9. The van der Waals surface area contributed by atoms with E-state index in [1.165, 1.54) is 37.6 Å². The first-order valence-corrected chi connectivity index (χ1v) is 11.9. The third kappa shape index (κ3) is 5.13. The molecule has 5 rings (SSSR count). The van der Waals surface area contributed by atoms with Gasteiger partial charge in [0.05, 0.1) is 23.8 Å². The van der Waals surface area contributed by atoms with Gasteiger partial charge in [-0.3, -0.25) is 4.79 Å². The lowest BCUT2D eigenvalue weighted by Crippen LogP contribution is -2.13. The van der Waals surface area contributed by atoms with Crippen LogP contribution in [0, 0.1) is 12.9 Å². The molecule has 0 radical (unpaired) electrons. The summed E-state index contributed by atoms with van der Waals surface area (Å²) in [6.45, 7) is 1.84. The van der Waals surface area contributed by atoms with Crippen molar-refractivity contribution in [3.63, 3.8) is 0 Å². The van der Waals surface area contributed by atoms with Crippen molar-refractivity contribution in [2.75, 3.05) is 18.2 Å². The maximum Gasteiger partial charge on any atom is 0.416 e. The van der Waals surface area contributed by atoms with E-state index in [0.717, 1.165) is 17.7 Å². The fourth-order valence-electron chi connectivity index (χ4n) is 4.41. The van der Waals surface area contributed by atoms with Crippen molar-refractivity contribution in [2.24, 2.45) is 0 Å². The molecular weight excluding hydrogens is 526 g/mol. The van der Waals surface area contributed by atoms with Crippen molar-refractivity contribution in [2.45, 2.75) is 13.1 Å². The summed E-state index contributed by atoms with van der Waals surface area (Å²) in [4.78, 5) is 25.3. The molecule has 0 spiro atoms. The van der Waals surface area contributed by atoms with Crippen LogP contribution >= 0.6 is 0 Å². The van der Waals surface area contributed by atoms with Gasteiger partial charge in [-0.25, -0.2) is 15.0 Å². The summed E-state index contributed by atoms with van der Waals surface area (Å²) in [6, 6.07) is 13.8. The number of nitrogens with one attached hydrogen (secondary N) is 1. The van der Waals surface area contributed by atoms with Crippen molar-refractivity contribution < 1.29 is 27.1 Å². The number of rotatable bonds is 5. The van der Waals surface area contributed by atoms with Gasteiger partial charge in [-0.1, -0.05) is 12.1 Å². The number of alkyl halides is 3. The van der Waals surface area contributed by atoms with Gasteiger partial charge < -0.3 is 15.8 Å². The number of nitrogens with zero attached hydrogens (tertiary/aromatic N) is 3. The Bertz CT molecular complexity index is 1760. The van der Waals surface area contributed by atoms with E-state index in [1.54, 1.807) is 30.5 Å². The van der Waals surface area contributed by atoms with Crippen molar-refractivity contribution in [3.8, 4) is 28.0 Å². The number of fused-ring (bicyclic) bond motifs is 1. The van der Waals surface area contributed by atoms with E-state index in [4.69, 9.17) is 10.5 Å². The number of methoxy groups -OCH3 is 1. The van der Waals surface area contributed by atoms with Crippen LogP contribution in [0.25, 0.3) is 33.2 Å². The van der Waals surface area contributed by atoms with Gasteiger partial charge in [0, 0.05) is 40.2 Å². The topological polar surface area (TPSA) is 103 Å². The first-order chi connectivity index (χ1) is 19.0. The zero-order valence-corrected chi connectivity index (χ0v) is 21.2. The van der Waals surface area contributed by atoms with Crippen LogP contribution in [0.15, 0.2) is 73.1 Å². The van der Waals surface area contributed by atoms with E-state index in [0.29, 0.717) is 38.9 Å². The first-order valence-electron chi connectivity index (χ1n) is 11.9. The molecular formula is C29H21F4N5O2. The molecule has 11 heteroatoms. The number of hydrogen-bond acceptors (Lipinski definition) is 6. The highest BCUT2D eigenvalue weighted by Crippen LogP contribution is 2.44. The lowest BCUT2D eigenvalue weighted by Gasteiger charge is -2.18. The van der Waals surface area contributed by atoms with E-state index in [9.17, 15) is 22.4 Å². The van der Waals surface area contributed by atoms with Crippen LogP contribution < -0.4 is 15.8 Å².